The van der Waals surface area contributed by atoms with E-state index in [1.54, 1.807) is 18.3 Å². The number of hydrogen-bond donors (Lipinski definition) is 1. The number of amides is 1. The Kier molecular flexibility index (Phi) is 4.71. The van der Waals surface area contributed by atoms with E-state index in [1.165, 1.54) is 0 Å². The van der Waals surface area contributed by atoms with E-state index in [1.807, 2.05) is 19.0 Å². The number of halogens is 1. The van der Waals surface area contributed by atoms with Gasteiger partial charge in [-0.3, -0.25) is 4.79 Å². The van der Waals surface area contributed by atoms with Gasteiger partial charge in [0.1, 0.15) is 4.60 Å². The van der Waals surface area contributed by atoms with E-state index in [9.17, 15) is 4.79 Å². The molecule has 0 aliphatic heterocycles. The highest BCUT2D eigenvalue weighted by Gasteiger charge is 2.04. The zero-order valence-corrected chi connectivity index (χ0v) is 10.4. The van der Waals surface area contributed by atoms with Crippen LogP contribution >= 0.6 is 15.9 Å². The SMILES string of the molecule is CN(C)CCNC(=O)c1ccc(Br)nc1. The summed E-state index contributed by atoms with van der Waals surface area (Å²) in [6.45, 7) is 1.47. The second-order valence-corrected chi connectivity index (χ2v) is 4.24. The Morgan fingerprint density at radius 2 is 2.27 bits per heavy atom. The van der Waals surface area contributed by atoms with Crippen LogP contribution in [0.1, 0.15) is 10.4 Å². The standard InChI is InChI=1S/C10H14BrN3O/c1-14(2)6-5-12-10(15)8-3-4-9(11)13-7-8/h3-4,7H,5-6H2,1-2H3,(H,12,15). The fourth-order valence-electron chi connectivity index (χ4n) is 1.01. The van der Waals surface area contributed by atoms with Crippen LogP contribution in [0.15, 0.2) is 22.9 Å². The van der Waals surface area contributed by atoms with Crippen LogP contribution in [0, 0.1) is 0 Å². The van der Waals surface area contributed by atoms with Crippen molar-refractivity contribution in [1.82, 2.24) is 15.2 Å². The van der Waals surface area contributed by atoms with Gasteiger partial charge < -0.3 is 10.2 Å². The molecule has 1 N–H and O–H groups in total. The Balaban J connectivity index is 2.43. The van der Waals surface area contributed by atoms with E-state index in [4.69, 9.17) is 0 Å². The highest BCUT2D eigenvalue weighted by molar-refractivity contribution is 9.10. The number of nitrogens with zero attached hydrogens (tertiary/aromatic N) is 2. The maximum absolute atomic E-state index is 11.6. The molecule has 0 aliphatic rings. The first-order valence-electron chi connectivity index (χ1n) is 4.64. The number of nitrogens with one attached hydrogen (secondary N) is 1. The van der Waals surface area contributed by atoms with Crippen molar-refractivity contribution in [2.75, 3.05) is 27.2 Å². The summed E-state index contributed by atoms with van der Waals surface area (Å²) in [7, 11) is 3.93. The second-order valence-electron chi connectivity index (χ2n) is 3.43. The molecule has 0 spiro atoms. The largest absolute Gasteiger partial charge is 0.351 e. The van der Waals surface area contributed by atoms with Gasteiger partial charge in [0.25, 0.3) is 5.91 Å². The maximum atomic E-state index is 11.6. The monoisotopic (exact) mass is 271 g/mol. The fraction of sp³-hybridized carbons (Fsp3) is 0.400. The van der Waals surface area contributed by atoms with E-state index in [0.717, 1.165) is 11.1 Å². The highest BCUT2D eigenvalue weighted by Crippen LogP contribution is 2.05. The van der Waals surface area contributed by atoms with Crippen LogP contribution in [0.4, 0.5) is 0 Å². The van der Waals surface area contributed by atoms with Crippen molar-refractivity contribution < 1.29 is 4.79 Å². The predicted octanol–water partition coefficient (Wildman–Crippen LogP) is 1.14. The lowest BCUT2D eigenvalue weighted by molar-refractivity contribution is 0.0950. The van der Waals surface area contributed by atoms with E-state index in [0.29, 0.717) is 12.1 Å². The normalized spacial score (nSPS) is 10.4. The molecular weight excluding hydrogens is 258 g/mol. The summed E-state index contributed by atoms with van der Waals surface area (Å²) in [4.78, 5) is 17.6. The molecule has 0 saturated carbocycles. The molecule has 0 fully saturated rings. The molecule has 1 heterocycles. The molecule has 15 heavy (non-hydrogen) atoms. The van der Waals surface area contributed by atoms with Gasteiger partial charge in [-0.05, 0) is 42.2 Å². The number of hydrogen-bond acceptors (Lipinski definition) is 3. The van der Waals surface area contributed by atoms with E-state index < -0.39 is 0 Å². The summed E-state index contributed by atoms with van der Waals surface area (Å²) in [6, 6.07) is 3.49. The Labute approximate surface area is 97.8 Å². The molecule has 5 heteroatoms. The summed E-state index contributed by atoms with van der Waals surface area (Å²) in [5.41, 5.74) is 0.581. The summed E-state index contributed by atoms with van der Waals surface area (Å²) < 4.78 is 0.729. The molecule has 1 aromatic heterocycles. The van der Waals surface area contributed by atoms with Crippen LogP contribution in [0.5, 0.6) is 0 Å². The lowest BCUT2D eigenvalue weighted by Gasteiger charge is -2.10. The van der Waals surface area contributed by atoms with Crippen molar-refractivity contribution in [2.45, 2.75) is 0 Å². The molecule has 0 saturated heterocycles. The number of carbonyl (C=O) groups is 1. The first-order valence-corrected chi connectivity index (χ1v) is 5.43. The lowest BCUT2D eigenvalue weighted by Crippen LogP contribution is -2.31. The third-order valence-electron chi connectivity index (χ3n) is 1.83. The van der Waals surface area contributed by atoms with Crippen LogP contribution in [0.2, 0.25) is 0 Å². The highest BCUT2D eigenvalue weighted by atomic mass is 79.9. The van der Waals surface area contributed by atoms with E-state index in [2.05, 4.69) is 26.2 Å². The van der Waals surface area contributed by atoms with Gasteiger partial charge in [-0.25, -0.2) is 4.98 Å². The fourth-order valence-corrected chi connectivity index (χ4v) is 1.24. The Morgan fingerprint density at radius 3 is 2.80 bits per heavy atom. The van der Waals surface area contributed by atoms with Crippen molar-refractivity contribution in [1.29, 1.82) is 0 Å². The molecule has 0 bridgehead atoms. The predicted molar refractivity (Wildman–Crippen MR) is 62.8 cm³/mol. The molecule has 82 valence electrons. The minimum absolute atomic E-state index is 0.0862. The molecule has 0 unspecified atom stereocenters. The molecule has 0 atom stereocenters. The molecule has 1 amide bonds. The van der Waals surface area contributed by atoms with Gasteiger partial charge in [0.2, 0.25) is 0 Å². The average Bonchev–Trinajstić information content (AvgIpc) is 2.18. The molecule has 0 aliphatic carbocycles. The molecule has 1 rings (SSSR count). The third kappa shape index (κ3) is 4.40. The molecule has 4 nitrogen and oxygen atoms in total. The molecule has 0 radical (unpaired) electrons. The Morgan fingerprint density at radius 1 is 1.53 bits per heavy atom. The van der Waals surface area contributed by atoms with E-state index in [-0.39, 0.29) is 5.91 Å². The Bertz CT molecular complexity index is 324. The van der Waals surface area contributed by atoms with Crippen molar-refractivity contribution >= 4 is 21.8 Å². The van der Waals surface area contributed by atoms with E-state index >= 15 is 0 Å². The van der Waals surface area contributed by atoms with Gasteiger partial charge in [0, 0.05) is 19.3 Å². The molecule has 0 aromatic carbocycles. The quantitative estimate of drug-likeness (QED) is 0.836. The van der Waals surface area contributed by atoms with Gasteiger partial charge in [-0.1, -0.05) is 0 Å². The van der Waals surface area contributed by atoms with Crippen LogP contribution in [0.25, 0.3) is 0 Å². The second kappa shape index (κ2) is 5.82. The third-order valence-corrected chi connectivity index (χ3v) is 2.30. The smallest absolute Gasteiger partial charge is 0.252 e. The summed E-state index contributed by atoms with van der Waals surface area (Å²) >= 11 is 3.22. The van der Waals surface area contributed by atoms with Gasteiger partial charge in [-0.15, -0.1) is 0 Å². The first kappa shape index (κ1) is 12.1. The zero-order chi connectivity index (χ0) is 11.3. The van der Waals surface area contributed by atoms with Gasteiger partial charge in [0.15, 0.2) is 0 Å². The van der Waals surface area contributed by atoms with Crippen LogP contribution < -0.4 is 5.32 Å². The lowest BCUT2D eigenvalue weighted by atomic mass is 10.3. The van der Waals surface area contributed by atoms with Crippen molar-refractivity contribution in [3.8, 4) is 0 Å². The number of rotatable bonds is 4. The van der Waals surface area contributed by atoms with Gasteiger partial charge in [-0.2, -0.15) is 0 Å². The zero-order valence-electron chi connectivity index (χ0n) is 8.83. The molecule has 1 aromatic rings. The summed E-state index contributed by atoms with van der Waals surface area (Å²) in [5, 5.41) is 2.81. The van der Waals surface area contributed by atoms with Crippen LogP contribution in [-0.4, -0.2) is 43.0 Å². The Hall–Kier alpha value is -0.940. The van der Waals surface area contributed by atoms with Crippen molar-refractivity contribution in [2.24, 2.45) is 0 Å². The van der Waals surface area contributed by atoms with Crippen LogP contribution in [-0.2, 0) is 0 Å². The van der Waals surface area contributed by atoms with Crippen molar-refractivity contribution in [3.63, 3.8) is 0 Å². The minimum atomic E-state index is -0.0862. The summed E-state index contributed by atoms with van der Waals surface area (Å²) in [5.74, 6) is -0.0862. The van der Waals surface area contributed by atoms with Crippen molar-refractivity contribution in [3.05, 3.63) is 28.5 Å². The minimum Gasteiger partial charge on any atom is -0.351 e. The maximum Gasteiger partial charge on any atom is 0.252 e. The number of pyridine rings is 1. The summed E-state index contributed by atoms with van der Waals surface area (Å²) in [6.07, 6.45) is 1.55. The number of carbonyl (C=O) groups excluding carboxylic acids is 1. The van der Waals surface area contributed by atoms with Gasteiger partial charge >= 0.3 is 0 Å². The average molecular weight is 272 g/mol. The number of likely N-dealkylation sites (N-methyl/N-ethyl adjacent to an activating group) is 1. The molecular formula is C10H14BrN3O. The van der Waals surface area contributed by atoms with Crippen LogP contribution in [0.3, 0.4) is 0 Å². The van der Waals surface area contributed by atoms with Gasteiger partial charge in [0.05, 0.1) is 5.56 Å². The first-order chi connectivity index (χ1) is 7.09. The topological polar surface area (TPSA) is 45.2 Å². The number of aromatic nitrogens is 1.